The summed E-state index contributed by atoms with van der Waals surface area (Å²) in [5.41, 5.74) is 2.46. The first-order chi connectivity index (χ1) is 10.2. The lowest BCUT2D eigenvalue weighted by atomic mass is 9.85. The third-order valence-electron chi connectivity index (χ3n) is 4.61. The van der Waals surface area contributed by atoms with Crippen molar-refractivity contribution < 1.29 is 4.79 Å². The van der Waals surface area contributed by atoms with E-state index in [4.69, 9.17) is 0 Å². The number of nitrogens with one attached hydrogen (secondary N) is 2. The molecule has 5 nitrogen and oxygen atoms in total. The molecule has 1 amide bonds. The Bertz CT molecular complexity index is 531. The molecule has 1 aromatic rings. The number of aryl methyl sites for hydroxylation is 1. The number of nitrogens with zero attached hydrogens (tertiary/aromatic N) is 2. The highest BCUT2D eigenvalue weighted by molar-refractivity contribution is 5.77. The minimum atomic E-state index is 0.218. The molecule has 2 N–H and O–H groups in total. The van der Waals surface area contributed by atoms with E-state index < -0.39 is 0 Å². The van der Waals surface area contributed by atoms with Crippen molar-refractivity contribution in [3.8, 4) is 0 Å². The molecule has 21 heavy (non-hydrogen) atoms. The third-order valence-corrected chi connectivity index (χ3v) is 4.61. The molecular formula is C16H24N4O. The Morgan fingerprint density at radius 3 is 3.10 bits per heavy atom. The van der Waals surface area contributed by atoms with Crippen LogP contribution < -0.4 is 15.5 Å². The summed E-state index contributed by atoms with van der Waals surface area (Å²) in [6.07, 6.45) is 4.66. The average Bonchev–Trinajstić information content (AvgIpc) is 2.47. The van der Waals surface area contributed by atoms with Crippen LogP contribution in [0.3, 0.4) is 0 Å². The highest BCUT2D eigenvalue weighted by atomic mass is 16.1. The summed E-state index contributed by atoms with van der Waals surface area (Å²) >= 11 is 0. The molecule has 5 heteroatoms. The zero-order chi connectivity index (χ0) is 14.8. The molecule has 0 spiro atoms. The Morgan fingerprint density at radius 2 is 2.33 bits per heavy atom. The van der Waals surface area contributed by atoms with Gasteiger partial charge in [0, 0.05) is 38.3 Å². The maximum atomic E-state index is 11.5. The smallest absolute Gasteiger partial charge is 0.220 e. The summed E-state index contributed by atoms with van der Waals surface area (Å²) in [5.74, 6) is 1.88. The van der Waals surface area contributed by atoms with Crippen LogP contribution in [0, 0.1) is 12.8 Å². The van der Waals surface area contributed by atoms with Crippen molar-refractivity contribution in [3.63, 3.8) is 0 Å². The molecule has 0 bridgehead atoms. The second-order valence-electron chi connectivity index (χ2n) is 6.22. The first kappa shape index (κ1) is 14.3. The van der Waals surface area contributed by atoms with Gasteiger partial charge in [-0.2, -0.15) is 0 Å². The van der Waals surface area contributed by atoms with Gasteiger partial charge in [0.05, 0.1) is 0 Å². The van der Waals surface area contributed by atoms with E-state index in [2.05, 4.69) is 33.5 Å². The van der Waals surface area contributed by atoms with Gasteiger partial charge >= 0.3 is 0 Å². The van der Waals surface area contributed by atoms with Crippen LogP contribution in [0.4, 0.5) is 5.82 Å². The van der Waals surface area contributed by atoms with Gasteiger partial charge in [0.2, 0.25) is 5.91 Å². The van der Waals surface area contributed by atoms with Crippen LogP contribution >= 0.6 is 0 Å². The van der Waals surface area contributed by atoms with Crippen LogP contribution in [0.2, 0.25) is 0 Å². The second-order valence-corrected chi connectivity index (χ2v) is 6.22. The summed E-state index contributed by atoms with van der Waals surface area (Å²) < 4.78 is 0. The standard InChI is InChI=1S/C16H24N4O/c1-11-7-12(8-17-2)9-18-16(11)20-6-5-14-13(10-20)3-4-15(21)19-14/h7,9,13-14,17H,3-6,8,10H2,1-2H3,(H,19,21). The van der Waals surface area contributed by atoms with E-state index in [0.29, 0.717) is 18.4 Å². The molecule has 3 heterocycles. The largest absolute Gasteiger partial charge is 0.356 e. The molecule has 0 saturated carbocycles. The van der Waals surface area contributed by atoms with Crippen LogP contribution in [0.25, 0.3) is 0 Å². The SMILES string of the molecule is CNCc1cnc(N2CCC3NC(=O)CCC3C2)c(C)c1. The maximum absolute atomic E-state index is 11.5. The van der Waals surface area contributed by atoms with E-state index in [9.17, 15) is 4.79 Å². The minimum absolute atomic E-state index is 0.218. The highest BCUT2D eigenvalue weighted by Gasteiger charge is 2.34. The Morgan fingerprint density at radius 1 is 1.48 bits per heavy atom. The monoisotopic (exact) mass is 288 g/mol. The summed E-state index contributed by atoms with van der Waals surface area (Å²) in [6.45, 7) is 4.96. The lowest BCUT2D eigenvalue weighted by molar-refractivity contribution is -0.124. The summed E-state index contributed by atoms with van der Waals surface area (Å²) in [5, 5.41) is 6.29. The minimum Gasteiger partial charge on any atom is -0.356 e. The zero-order valence-electron chi connectivity index (χ0n) is 12.9. The highest BCUT2D eigenvalue weighted by Crippen LogP contribution is 2.29. The van der Waals surface area contributed by atoms with E-state index in [1.165, 1.54) is 11.1 Å². The van der Waals surface area contributed by atoms with Gasteiger partial charge < -0.3 is 15.5 Å². The molecule has 3 rings (SSSR count). The molecule has 2 saturated heterocycles. The first-order valence-corrected chi connectivity index (χ1v) is 7.82. The lowest BCUT2D eigenvalue weighted by Crippen LogP contribution is -2.54. The molecule has 2 aliphatic rings. The van der Waals surface area contributed by atoms with E-state index in [0.717, 1.165) is 38.3 Å². The first-order valence-electron chi connectivity index (χ1n) is 7.82. The van der Waals surface area contributed by atoms with Crippen LogP contribution in [0.1, 0.15) is 30.4 Å². The number of hydrogen-bond acceptors (Lipinski definition) is 4. The predicted molar refractivity (Wildman–Crippen MR) is 83.2 cm³/mol. The Hall–Kier alpha value is -1.62. The van der Waals surface area contributed by atoms with Crippen molar-refractivity contribution in [2.24, 2.45) is 5.92 Å². The maximum Gasteiger partial charge on any atom is 0.220 e. The Kier molecular flexibility index (Phi) is 4.10. The van der Waals surface area contributed by atoms with Gasteiger partial charge in [0.1, 0.15) is 5.82 Å². The van der Waals surface area contributed by atoms with Gasteiger partial charge in [-0.15, -0.1) is 0 Å². The van der Waals surface area contributed by atoms with Gasteiger partial charge in [0.25, 0.3) is 0 Å². The van der Waals surface area contributed by atoms with Crippen molar-refractivity contribution in [2.45, 2.75) is 38.8 Å². The van der Waals surface area contributed by atoms with E-state index in [1.54, 1.807) is 0 Å². The number of aromatic nitrogens is 1. The van der Waals surface area contributed by atoms with Crippen LogP contribution in [-0.2, 0) is 11.3 Å². The number of pyridine rings is 1. The average molecular weight is 288 g/mol. The fourth-order valence-electron chi connectivity index (χ4n) is 3.56. The fourth-order valence-corrected chi connectivity index (χ4v) is 3.56. The molecule has 2 unspecified atom stereocenters. The normalized spacial score (nSPS) is 25.4. The number of piperidine rings is 2. The predicted octanol–water partition coefficient (Wildman–Crippen LogP) is 1.21. The molecule has 114 valence electrons. The van der Waals surface area contributed by atoms with E-state index in [1.807, 2.05) is 13.2 Å². The molecule has 0 radical (unpaired) electrons. The molecule has 0 aliphatic carbocycles. The van der Waals surface area contributed by atoms with Crippen LogP contribution in [-0.4, -0.2) is 37.1 Å². The lowest BCUT2D eigenvalue weighted by Gasteiger charge is -2.42. The number of rotatable bonds is 3. The summed E-state index contributed by atoms with van der Waals surface area (Å²) in [7, 11) is 1.95. The fraction of sp³-hybridized carbons (Fsp3) is 0.625. The molecule has 2 aliphatic heterocycles. The molecule has 1 aromatic heterocycles. The quantitative estimate of drug-likeness (QED) is 0.878. The van der Waals surface area contributed by atoms with Crippen LogP contribution in [0.15, 0.2) is 12.3 Å². The van der Waals surface area contributed by atoms with Gasteiger partial charge in [-0.05, 0) is 49.9 Å². The van der Waals surface area contributed by atoms with E-state index >= 15 is 0 Å². The zero-order valence-corrected chi connectivity index (χ0v) is 12.9. The van der Waals surface area contributed by atoms with Crippen molar-refractivity contribution >= 4 is 11.7 Å². The number of fused-ring (bicyclic) bond motifs is 1. The summed E-state index contributed by atoms with van der Waals surface area (Å²) in [6, 6.07) is 2.58. The number of hydrogen-bond donors (Lipinski definition) is 2. The molecule has 2 fully saturated rings. The van der Waals surface area contributed by atoms with Gasteiger partial charge in [0.15, 0.2) is 0 Å². The number of carbonyl (C=O) groups is 1. The summed E-state index contributed by atoms with van der Waals surface area (Å²) in [4.78, 5) is 18.5. The van der Waals surface area contributed by atoms with Gasteiger partial charge in [-0.25, -0.2) is 4.98 Å². The van der Waals surface area contributed by atoms with Crippen molar-refractivity contribution in [1.29, 1.82) is 0 Å². The number of amides is 1. The third kappa shape index (κ3) is 3.02. The van der Waals surface area contributed by atoms with E-state index in [-0.39, 0.29) is 5.91 Å². The molecule has 2 atom stereocenters. The van der Waals surface area contributed by atoms with Crippen LogP contribution in [0.5, 0.6) is 0 Å². The topological polar surface area (TPSA) is 57.3 Å². The van der Waals surface area contributed by atoms with Gasteiger partial charge in [-0.1, -0.05) is 0 Å². The molecular weight excluding hydrogens is 264 g/mol. The Labute approximate surface area is 126 Å². The van der Waals surface area contributed by atoms with Crippen molar-refractivity contribution in [1.82, 2.24) is 15.6 Å². The number of carbonyl (C=O) groups excluding carboxylic acids is 1. The van der Waals surface area contributed by atoms with Crippen molar-refractivity contribution in [3.05, 3.63) is 23.4 Å². The van der Waals surface area contributed by atoms with Gasteiger partial charge in [-0.3, -0.25) is 4.79 Å². The number of anilines is 1. The molecule has 0 aromatic carbocycles. The second kappa shape index (κ2) is 6.02. The van der Waals surface area contributed by atoms with Crippen molar-refractivity contribution in [2.75, 3.05) is 25.0 Å². The Balaban J connectivity index is 1.72.